The second kappa shape index (κ2) is 4.66. The molecule has 0 saturated heterocycles. The van der Waals surface area contributed by atoms with E-state index in [0.717, 1.165) is 32.2 Å². The molecule has 118 valence electrons. The molecular weight excluding hydrogens is 286 g/mol. The molecule has 4 heteroatoms. The van der Waals surface area contributed by atoms with Crippen molar-refractivity contribution in [3.63, 3.8) is 0 Å². The van der Waals surface area contributed by atoms with E-state index in [4.69, 9.17) is 4.42 Å². The molecule has 1 aliphatic heterocycles. The van der Waals surface area contributed by atoms with E-state index in [1.165, 1.54) is 16.2 Å². The van der Waals surface area contributed by atoms with E-state index in [0.29, 0.717) is 6.17 Å². The van der Waals surface area contributed by atoms with Crippen LogP contribution in [0.15, 0.2) is 41.1 Å². The van der Waals surface area contributed by atoms with Crippen molar-refractivity contribution >= 4 is 27.8 Å². The molecule has 0 aliphatic carbocycles. The van der Waals surface area contributed by atoms with Crippen LogP contribution >= 0.6 is 0 Å². The van der Waals surface area contributed by atoms with Crippen molar-refractivity contribution < 1.29 is 9.32 Å². The second-order valence-corrected chi connectivity index (χ2v) is 6.90. The maximum Gasteiger partial charge on any atom is 0.227 e. The standard InChI is InChI=1S/C19H22N3O/c1-12-6-8-15-16-9-7-13(2)20-19(16)23-18(15)17(12)22(5)11-10-21(4)14(22)3/h6-11,14H,1-5H3/q+1/p+1. The normalized spacial score (nSPS) is 27.3. The molecule has 2 aromatic heterocycles. The van der Waals surface area contributed by atoms with Gasteiger partial charge in [-0.1, -0.05) is 6.07 Å². The van der Waals surface area contributed by atoms with Gasteiger partial charge in [-0.15, -0.1) is 0 Å². The molecular formula is C19H23N3O+2. The van der Waals surface area contributed by atoms with Crippen LogP contribution in [-0.2, 0) is 0 Å². The second-order valence-electron chi connectivity index (χ2n) is 6.90. The minimum absolute atomic E-state index is 0.405. The Labute approximate surface area is 136 Å². The summed E-state index contributed by atoms with van der Waals surface area (Å²) in [5.74, 6) is 0. The van der Waals surface area contributed by atoms with Gasteiger partial charge in [0.1, 0.15) is 0 Å². The molecule has 3 atom stereocenters. The van der Waals surface area contributed by atoms with Crippen LogP contribution in [-0.4, -0.2) is 25.2 Å². The molecule has 4 rings (SSSR count). The molecule has 3 heterocycles. The third kappa shape index (κ3) is 1.89. The Morgan fingerprint density at radius 3 is 2.57 bits per heavy atom. The van der Waals surface area contributed by atoms with Gasteiger partial charge in [0, 0.05) is 29.0 Å². The van der Waals surface area contributed by atoms with Crippen LogP contribution < -0.4 is 9.38 Å². The van der Waals surface area contributed by atoms with Crippen molar-refractivity contribution in [1.82, 2.24) is 9.47 Å². The number of nitrogens with one attached hydrogen (secondary N) is 1. The molecule has 3 aromatic rings. The van der Waals surface area contributed by atoms with Crippen molar-refractivity contribution in [3.8, 4) is 0 Å². The van der Waals surface area contributed by atoms with Gasteiger partial charge in [-0.25, -0.2) is 9.47 Å². The Morgan fingerprint density at radius 2 is 1.87 bits per heavy atom. The number of hydrogen-bond donors (Lipinski definition) is 1. The zero-order chi connectivity index (χ0) is 16.4. The lowest BCUT2D eigenvalue weighted by Gasteiger charge is -2.31. The van der Waals surface area contributed by atoms with Crippen molar-refractivity contribution in [2.45, 2.75) is 26.9 Å². The van der Waals surface area contributed by atoms with Gasteiger partial charge in [0.05, 0.1) is 14.1 Å². The van der Waals surface area contributed by atoms with Crippen LogP contribution in [0.5, 0.6) is 0 Å². The average molecular weight is 309 g/mol. The van der Waals surface area contributed by atoms with E-state index in [9.17, 15) is 0 Å². The molecule has 3 unspecified atom stereocenters. The summed E-state index contributed by atoms with van der Waals surface area (Å²) < 4.78 is 6.98. The van der Waals surface area contributed by atoms with Gasteiger partial charge >= 0.3 is 0 Å². The van der Waals surface area contributed by atoms with E-state index in [-0.39, 0.29) is 0 Å². The monoisotopic (exact) mass is 309 g/mol. The van der Waals surface area contributed by atoms with Gasteiger partial charge in [-0.05, 0) is 32.0 Å². The maximum atomic E-state index is 6.24. The molecule has 0 spiro atoms. The maximum absolute atomic E-state index is 6.24. The Bertz CT molecular complexity index is 956. The SMILES string of the molecule is Cc1ccc2c(n1)oc1c([N+]3(C)C=C[NH+](C)C3C)c(C)ccc12. The first kappa shape index (κ1) is 14.4. The minimum Gasteiger partial charge on any atom is -0.431 e. The van der Waals surface area contributed by atoms with Crippen molar-refractivity contribution in [1.29, 1.82) is 0 Å². The molecule has 23 heavy (non-hydrogen) atoms. The summed E-state index contributed by atoms with van der Waals surface area (Å²) in [6.45, 7) is 6.44. The number of rotatable bonds is 1. The third-order valence-electron chi connectivity index (χ3n) is 5.41. The Hall–Kier alpha value is -2.17. The minimum atomic E-state index is 0.405. The number of hydrogen-bond acceptors (Lipinski definition) is 2. The summed E-state index contributed by atoms with van der Waals surface area (Å²) in [4.78, 5) is 5.97. The summed E-state index contributed by atoms with van der Waals surface area (Å²) in [6, 6.07) is 8.51. The fourth-order valence-corrected chi connectivity index (χ4v) is 3.73. The molecule has 0 bridgehead atoms. The highest BCUT2D eigenvalue weighted by atomic mass is 16.3. The van der Waals surface area contributed by atoms with E-state index in [2.05, 4.69) is 63.5 Å². The van der Waals surface area contributed by atoms with E-state index in [1.54, 1.807) is 0 Å². The predicted molar refractivity (Wildman–Crippen MR) is 94.2 cm³/mol. The fourth-order valence-electron chi connectivity index (χ4n) is 3.73. The lowest BCUT2D eigenvalue weighted by molar-refractivity contribution is -0.853. The Kier molecular flexibility index (Phi) is 2.92. The first-order valence-electron chi connectivity index (χ1n) is 8.10. The van der Waals surface area contributed by atoms with Crippen molar-refractivity contribution in [2.75, 3.05) is 14.1 Å². The van der Waals surface area contributed by atoms with Gasteiger partial charge in [-0.2, -0.15) is 0 Å². The summed E-state index contributed by atoms with van der Waals surface area (Å²) >= 11 is 0. The average Bonchev–Trinajstić information content (AvgIpc) is 2.99. The van der Waals surface area contributed by atoms with Crippen LogP contribution in [0.4, 0.5) is 5.69 Å². The molecule has 0 saturated carbocycles. The quantitative estimate of drug-likeness (QED) is 0.701. The molecule has 1 aromatic carbocycles. The van der Waals surface area contributed by atoms with E-state index < -0.39 is 0 Å². The van der Waals surface area contributed by atoms with Crippen molar-refractivity contribution in [2.24, 2.45) is 0 Å². The van der Waals surface area contributed by atoms with Crippen LogP contribution in [0.25, 0.3) is 22.1 Å². The van der Waals surface area contributed by atoms with Crippen molar-refractivity contribution in [3.05, 3.63) is 47.9 Å². The first-order valence-corrected chi connectivity index (χ1v) is 8.10. The molecule has 0 amide bonds. The molecule has 4 nitrogen and oxygen atoms in total. The highest BCUT2D eigenvalue weighted by Crippen LogP contribution is 2.40. The first-order chi connectivity index (χ1) is 10.9. The Balaban J connectivity index is 2.09. The highest BCUT2D eigenvalue weighted by Gasteiger charge is 2.43. The molecule has 0 radical (unpaired) electrons. The number of aromatic nitrogens is 1. The van der Waals surface area contributed by atoms with Crippen LogP contribution in [0.3, 0.4) is 0 Å². The number of nitrogens with zero attached hydrogens (tertiary/aromatic N) is 2. The van der Waals surface area contributed by atoms with Gasteiger partial charge in [0.15, 0.2) is 23.7 Å². The highest BCUT2D eigenvalue weighted by molar-refractivity contribution is 6.08. The number of pyridine rings is 1. The molecule has 0 fully saturated rings. The van der Waals surface area contributed by atoms with Gasteiger partial charge in [0.25, 0.3) is 0 Å². The van der Waals surface area contributed by atoms with Gasteiger partial charge in [-0.3, -0.25) is 4.90 Å². The fraction of sp³-hybridized carbons (Fsp3) is 0.316. The summed E-state index contributed by atoms with van der Waals surface area (Å²) in [7, 11) is 4.45. The van der Waals surface area contributed by atoms with E-state index >= 15 is 0 Å². The third-order valence-corrected chi connectivity index (χ3v) is 5.41. The number of aryl methyl sites for hydroxylation is 2. The van der Waals surface area contributed by atoms with Crippen LogP contribution in [0, 0.1) is 13.8 Å². The topological polar surface area (TPSA) is 30.5 Å². The van der Waals surface area contributed by atoms with Crippen LogP contribution in [0.1, 0.15) is 18.2 Å². The summed E-state index contributed by atoms with van der Waals surface area (Å²) in [5.41, 5.74) is 5.16. The Morgan fingerprint density at radius 1 is 1.13 bits per heavy atom. The molecule has 1 N–H and O–H groups in total. The zero-order valence-electron chi connectivity index (χ0n) is 14.3. The smallest absolute Gasteiger partial charge is 0.227 e. The summed E-state index contributed by atoms with van der Waals surface area (Å²) in [6.07, 6.45) is 4.91. The van der Waals surface area contributed by atoms with Crippen LogP contribution in [0.2, 0.25) is 0 Å². The lowest BCUT2D eigenvalue weighted by atomic mass is 10.1. The zero-order valence-corrected chi connectivity index (χ0v) is 14.3. The molecule has 1 aliphatic rings. The van der Waals surface area contributed by atoms with Gasteiger partial charge in [0.2, 0.25) is 11.9 Å². The predicted octanol–water partition coefficient (Wildman–Crippen LogP) is 2.88. The number of quaternary nitrogens is 2. The lowest BCUT2D eigenvalue weighted by Crippen LogP contribution is -3.09. The number of fused-ring (bicyclic) bond motifs is 3. The largest absolute Gasteiger partial charge is 0.431 e. The number of benzene rings is 1. The van der Waals surface area contributed by atoms with E-state index in [1.807, 2.05) is 13.0 Å². The van der Waals surface area contributed by atoms with Gasteiger partial charge < -0.3 is 4.42 Å². The summed E-state index contributed by atoms with van der Waals surface area (Å²) in [5, 5.41) is 2.24. The number of furan rings is 1.